The molecule has 0 saturated heterocycles. The minimum absolute atomic E-state index is 0.0319. The highest BCUT2D eigenvalue weighted by Gasteiger charge is 2.08. The quantitative estimate of drug-likeness (QED) is 0.695. The number of H-pyrrole nitrogens is 1. The average Bonchev–Trinajstić information content (AvgIpc) is 2.05. The minimum atomic E-state index is -2.58. The zero-order valence-electron chi connectivity index (χ0n) is 6.18. The molecular formula is C7H8F2N2O. The Kier molecular flexibility index (Phi) is 2.54. The number of pyridine rings is 1. The van der Waals surface area contributed by atoms with Gasteiger partial charge in [0.25, 0.3) is 12.0 Å². The first-order valence-corrected chi connectivity index (χ1v) is 3.35. The second-order valence-corrected chi connectivity index (χ2v) is 2.29. The summed E-state index contributed by atoms with van der Waals surface area (Å²) in [7, 11) is 0. The topological polar surface area (TPSA) is 58.9 Å². The Morgan fingerprint density at radius 1 is 1.58 bits per heavy atom. The number of aromatic amines is 1. The normalized spacial score (nSPS) is 10.7. The lowest BCUT2D eigenvalue weighted by molar-refractivity contribution is 0.151. The van der Waals surface area contributed by atoms with Gasteiger partial charge in [-0.1, -0.05) is 0 Å². The van der Waals surface area contributed by atoms with Crippen LogP contribution in [-0.4, -0.2) is 4.98 Å². The third kappa shape index (κ3) is 1.68. The predicted molar refractivity (Wildman–Crippen MR) is 39.9 cm³/mol. The van der Waals surface area contributed by atoms with Crippen molar-refractivity contribution in [2.24, 2.45) is 5.73 Å². The number of nitrogens with one attached hydrogen (secondary N) is 1. The lowest BCUT2D eigenvalue weighted by atomic mass is 10.2. The van der Waals surface area contributed by atoms with Crippen LogP contribution >= 0.6 is 0 Å². The molecule has 3 nitrogen and oxygen atoms in total. The number of alkyl halides is 2. The van der Waals surface area contributed by atoms with E-state index in [0.717, 1.165) is 12.3 Å². The minimum Gasteiger partial charge on any atom is -0.328 e. The van der Waals surface area contributed by atoms with Crippen molar-refractivity contribution in [1.82, 2.24) is 4.98 Å². The van der Waals surface area contributed by atoms with Crippen LogP contribution in [0.15, 0.2) is 17.1 Å². The van der Waals surface area contributed by atoms with Crippen molar-refractivity contribution in [3.8, 4) is 0 Å². The Hall–Kier alpha value is -1.23. The summed E-state index contributed by atoms with van der Waals surface area (Å²) in [4.78, 5) is 13.0. The van der Waals surface area contributed by atoms with Gasteiger partial charge in [-0.2, -0.15) is 0 Å². The Bertz CT molecular complexity index is 321. The summed E-state index contributed by atoms with van der Waals surface area (Å²) in [5.41, 5.74) is 4.70. The Labute approximate surface area is 67.2 Å². The second kappa shape index (κ2) is 3.44. The standard InChI is InChI=1S/C7H8F2N2O/c8-6(9)5-1-4(2-10)7(12)11-3-5/h1,3,6H,2,10H2,(H,11,12). The number of nitrogens with two attached hydrogens (primary N) is 1. The van der Waals surface area contributed by atoms with E-state index >= 15 is 0 Å². The molecule has 0 aliphatic carbocycles. The molecule has 0 amide bonds. The molecule has 0 bridgehead atoms. The van der Waals surface area contributed by atoms with Crippen LogP contribution < -0.4 is 11.3 Å². The maximum atomic E-state index is 12.1. The molecule has 0 atom stereocenters. The van der Waals surface area contributed by atoms with E-state index in [0.29, 0.717) is 0 Å². The maximum absolute atomic E-state index is 12.1. The van der Waals surface area contributed by atoms with Crippen molar-refractivity contribution >= 4 is 0 Å². The van der Waals surface area contributed by atoms with Gasteiger partial charge in [0.1, 0.15) is 0 Å². The fourth-order valence-corrected chi connectivity index (χ4v) is 0.828. The van der Waals surface area contributed by atoms with Crippen LogP contribution in [0, 0.1) is 0 Å². The van der Waals surface area contributed by atoms with Crippen LogP contribution in [0.4, 0.5) is 8.78 Å². The van der Waals surface area contributed by atoms with Gasteiger partial charge in [-0.3, -0.25) is 4.79 Å². The highest BCUT2D eigenvalue weighted by molar-refractivity contribution is 5.18. The van der Waals surface area contributed by atoms with Crippen molar-refractivity contribution in [2.45, 2.75) is 13.0 Å². The Balaban J connectivity index is 3.14. The summed E-state index contributed by atoms with van der Waals surface area (Å²) in [6, 6.07) is 1.11. The zero-order valence-corrected chi connectivity index (χ0v) is 6.18. The highest BCUT2D eigenvalue weighted by Crippen LogP contribution is 2.16. The lowest BCUT2D eigenvalue weighted by Gasteiger charge is -2.00. The summed E-state index contributed by atoms with van der Waals surface area (Å²) in [6.45, 7) is -0.0319. The summed E-state index contributed by atoms with van der Waals surface area (Å²) < 4.78 is 24.1. The van der Waals surface area contributed by atoms with E-state index in [1.165, 1.54) is 0 Å². The van der Waals surface area contributed by atoms with Gasteiger partial charge >= 0.3 is 0 Å². The molecule has 1 heterocycles. The molecule has 0 fully saturated rings. The van der Waals surface area contributed by atoms with Crippen LogP contribution in [0.2, 0.25) is 0 Å². The third-order valence-electron chi connectivity index (χ3n) is 1.47. The first-order valence-electron chi connectivity index (χ1n) is 3.35. The van der Waals surface area contributed by atoms with Crippen molar-refractivity contribution < 1.29 is 8.78 Å². The second-order valence-electron chi connectivity index (χ2n) is 2.29. The van der Waals surface area contributed by atoms with Gasteiger partial charge in [0.15, 0.2) is 0 Å². The molecule has 0 radical (unpaired) electrons. The number of rotatable bonds is 2. The molecule has 0 unspecified atom stereocenters. The molecule has 12 heavy (non-hydrogen) atoms. The molecule has 3 N–H and O–H groups in total. The van der Waals surface area contributed by atoms with Crippen LogP contribution in [-0.2, 0) is 6.54 Å². The molecule has 0 aliphatic rings. The molecule has 1 rings (SSSR count). The zero-order chi connectivity index (χ0) is 9.14. The van der Waals surface area contributed by atoms with E-state index in [1.807, 2.05) is 0 Å². The van der Waals surface area contributed by atoms with E-state index in [1.54, 1.807) is 0 Å². The lowest BCUT2D eigenvalue weighted by Crippen LogP contribution is -2.16. The van der Waals surface area contributed by atoms with Crippen LogP contribution in [0.25, 0.3) is 0 Å². The third-order valence-corrected chi connectivity index (χ3v) is 1.47. The van der Waals surface area contributed by atoms with Crippen LogP contribution in [0.3, 0.4) is 0 Å². The molecule has 0 aliphatic heterocycles. The number of hydrogen-bond donors (Lipinski definition) is 2. The SMILES string of the molecule is NCc1cc(C(F)F)c[nH]c1=O. The largest absolute Gasteiger partial charge is 0.328 e. The van der Waals surface area contributed by atoms with Crippen molar-refractivity contribution in [3.63, 3.8) is 0 Å². The van der Waals surface area contributed by atoms with Crippen LogP contribution in [0.5, 0.6) is 0 Å². The summed E-state index contributed by atoms with van der Waals surface area (Å²) >= 11 is 0. The van der Waals surface area contributed by atoms with E-state index in [9.17, 15) is 13.6 Å². The molecule has 1 aromatic heterocycles. The first kappa shape index (κ1) is 8.86. The first-order chi connectivity index (χ1) is 5.65. The molecular weight excluding hydrogens is 166 g/mol. The van der Waals surface area contributed by atoms with Gasteiger partial charge in [0.2, 0.25) is 0 Å². The van der Waals surface area contributed by atoms with E-state index in [2.05, 4.69) is 4.98 Å². The highest BCUT2D eigenvalue weighted by atomic mass is 19.3. The summed E-state index contributed by atoms with van der Waals surface area (Å²) in [6.07, 6.45) is -1.58. The molecule has 0 spiro atoms. The van der Waals surface area contributed by atoms with Gasteiger partial charge in [-0.15, -0.1) is 0 Å². The average molecular weight is 174 g/mol. The number of aromatic nitrogens is 1. The van der Waals surface area contributed by atoms with Crippen molar-refractivity contribution in [3.05, 3.63) is 33.7 Å². The van der Waals surface area contributed by atoms with Gasteiger partial charge in [-0.05, 0) is 6.07 Å². The van der Waals surface area contributed by atoms with Gasteiger partial charge < -0.3 is 10.7 Å². The fourth-order valence-electron chi connectivity index (χ4n) is 0.828. The van der Waals surface area contributed by atoms with Gasteiger partial charge in [0.05, 0.1) is 0 Å². The predicted octanol–water partition coefficient (Wildman–Crippen LogP) is 0.771. The Morgan fingerprint density at radius 3 is 2.75 bits per heavy atom. The summed E-state index contributed by atoms with van der Waals surface area (Å²) in [5, 5.41) is 0. The summed E-state index contributed by atoms with van der Waals surface area (Å²) in [5.74, 6) is 0. The molecule has 66 valence electrons. The number of halogens is 2. The maximum Gasteiger partial charge on any atom is 0.265 e. The van der Waals surface area contributed by atoms with Gasteiger partial charge in [-0.25, -0.2) is 8.78 Å². The molecule has 0 aromatic carbocycles. The van der Waals surface area contributed by atoms with E-state index in [-0.39, 0.29) is 17.7 Å². The van der Waals surface area contributed by atoms with Crippen molar-refractivity contribution in [2.75, 3.05) is 0 Å². The monoisotopic (exact) mass is 174 g/mol. The smallest absolute Gasteiger partial charge is 0.265 e. The van der Waals surface area contributed by atoms with Gasteiger partial charge in [0, 0.05) is 23.9 Å². The van der Waals surface area contributed by atoms with Crippen LogP contribution in [0.1, 0.15) is 17.6 Å². The van der Waals surface area contributed by atoms with E-state index in [4.69, 9.17) is 5.73 Å². The fraction of sp³-hybridized carbons (Fsp3) is 0.286. The van der Waals surface area contributed by atoms with Crippen molar-refractivity contribution in [1.29, 1.82) is 0 Å². The molecule has 1 aromatic rings. The molecule has 5 heteroatoms. The Morgan fingerprint density at radius 2 is 2.25 bits per heavy atom. The van der Waals surface area contributed by atoms with E-state index < -0.39 is 12.0 Å². The number of hydrogen-bond acceptors (Lipinski definition) is 2. The molecule has 0 saturated carbocycles.